The first-order valence-electron chi connectivity index (χ1n) is 7.09. The third kappa shape index (κ3) is 5.09. The van der Waals surface area contributed by atoms with Crippen molar-refractivity contribution in [3.8, 4) is 0 Å². The summed E-state index contributed by atoms with van der Waals surface area (Å²) >= 11 is 7.69. The van der Waals surface area contributed by atoms with E-state index in [0.717, 1.165) is 10.1 Å². The largest absolute Gasteiger partial charge is 0.375 e. The Balaban J connectivity index is 1.74. The van der Waals surface area contributed by atoms with Crippen LogP contribution in [0.4, 0.5) is 9.80 Å². The Morgan fingerprint density at radius 1 is 1.22 bits per heavy atom. The SMILES string of the molecule is COCC(=O)NCCCNC(=O)Nc1sc2ccccc2c1Cl. The van der Waals surface area contributed by atoms with Crippen LogP contribution < -0.4 is 16.0 Å². The summed E-state index contributed by atoms with van der Waals surface area (Å²) in [6.45, 7) is 0.964. The highest BCUT2D eigenvalue weighted by atomic mass is 35.5. The number of carbonyl (C=O) groups is 2. The van der Waals surface area contributed by atoms with Crippen molar-refractivity contribution in [2.45, 2.75) is 6.42 Å². The number of halogens is 1. The average Bonchev–Trinajstić information content (AvgIpc) is 2.84. The van der Waals surface area contributed by atoms with Gasteiger partial charge in [-0.25, -0.2) is 4.79 Å². The first-order valence-corrected chi connectivity index (χ1v) is 8.28. The van der Waals surface area contributed by atoms with Crippen molar-refractivity contribution in [2.75, 3.05) is 32.1 Å². The molecule has 0 unspecified atom stereocenters. The van der Waals surface area contributed by atoms with Gasteiger partial charge in [-0.3, -0.25) is 10.1 Å². The minimum Gasteiger partial charge on any atom is -0.375 e. The number of amides is 3. The van der Waals surface area contributed by atoms with Gasteiger partial charge in [0.05, 0.1) is 5.02 Å². The van der Waals surface area contributed by atoms with E-state index >= 15 is 0 Å². The standard InChI is InChI=1S/C15H18ClN3O3S/c1-22-9-12(20)17-7-4-8-18-15(21)19-14-13(16)10-5-2-3-6-11(10)23-14/h2-3,5-6H,4,7-9H2,1H3,(H,17,20)(H2,18,19,21). The molecule has 0 saturated heterocycles. The molecule has 6 nitrogen and oxygen atoms in total. The van der Waals surface area contributed by atoms with Gasteiger partial charge in [0.2, 0.25) is 5.91 Å². The lowest BCUT2D eigenvalue weighted by atomic mass is 10.3. The van der Waals surface area contributed by atoms with Gasteiger partial charge in [-0.05, 0) is 12.5 Å². The second-order valence-corrected chi connectivity index (χ2v) is 6.19. The molecule has 0 fully saturated rings. The quantitative estimate of drug-likeness (QED) is 0.668. The van der Waals surface area contributed by atoms with Crippen LogP contribution in [0.1, 0.15) is 6.42 Å². The van der Waals surface area contributed by atoms with Crippen molar-refractivity contribution in [1.82, 2.24) is 10.6 Å². The van der Waals surface area contributed by atoms with E-state index in [9.17, 15) is 9.59 Å². The lowest BCUT2D eigenvalue weighted by Crippen LogP contribution is -2.33. The van der Waals surface area contributed by atoms with Gasteiger partial charge >= 0.3 is 6.03 Å². The van der Waals surface area contributed by atoms with Crippen LogP contribution in [-0.2, 0) is 9.53 Å². The van der Waals surface area contributed by atoms with Gasteiger partial charge in [0.1, 0.15) is 11.6 Å². The van der Waals surface area contributed by atoms with E-state index in [4.69, 9.17) is 16.3 Å². The Kier molecular flexibility index (Phi) is 6.64. The van der Waals surface area contributed by atoms with Crippen molar-refractivity contribution in [3.63, 3.8) is 0 Å². The zero-order chi connectivity index (χ0) is 16.7. The third-order valence-electron chi connectivity index (χ3n) is 3.00. The predicted octanol–water partition coefficient (Wildman–Crippen LogP) is 2.83. The minimum atomic E-state index is -0.318. The van der Waals surface area contributed by atoms with Gasteiger partial charge in [-0.1, -0.05) is 29.8 Å². The summed E-state index contributed by atoms with van der Waals surface area (Å²) in [6, 6.07) is 7.39. The number of urea groups is 1. The molecule has 1 heterocycles. The highest BCUT2D eigenvalue weighted by Gasteiger charge is 2.12. The van der Waals surface area contributed by atoms with Crippen LogP contribution in [0.5, 0.6) is 0 Å². The first kappa shape index (κ1) is 17.5. The molecule has 3 amide bonds. The minimum absolute atomic E-state index is 0.0400. The van der Waals surface area contributed by atoms with E-state index in [1.165, 1.54) is 18.4 Å². The Bertz CT molecular complexity index is 690. The number of hydrogen-bond donors (Lipinski definition) is 3. The van der Waals surface area contributed by atoms with Gasteiger partial charge in [-0.2, -0.15) is 0 Å². The van der Waals surface area contributed by atoms with Crippen molar-refractivity contribution in [1.29, 1.82) is 0 Å². The van der Waals surface area contributed by atoms with Crippen molar-refractivity contribution < 1.29 is 14.3 Å². The number of nitrogens with one attached hydrogen (secondary N) is 3. The van der Waals surface area contributed by atoms with Crippen LogP contribution in [-0.4, -0.2) is 38.7 Å². The van der Waals surface area contributed by atoms with E-state index in [1.54, 1.807) is 0 Å². The second-order valence-electron chi connectivity index (χ2n) is 4.76. The highest BCUT2D eigenvalue weighted by Crippen LogP contribution is 2.39. The van der Waals surface area contributed by atoms with E-state index in [0.29, 0.717) is 29.5 Å². The number of rotatable bonds is 7. The summed E-state index contributed by atoms with van der Waals surface area (Å²) in [4.78, 5) is 23.0. The normalized spacial score (nSPS) is 10.5. The summed E-state index contributed by atoms with van der Waals surface area (Å²) in [7, 11) is 1.46. The highest BCUT2D eigenvalue weighted by molar-refractivity contribution is 7.23. The number of ether oxygens (including phenoxy) is 1. The maximum absolute atomic E-state index is 11.9. The summed E-state index contributed by atoms with van der Waals surface area (Å²) < 4.78 is 5.72. The molecule has 0 aliphatic rings. The smallest absolute Gasteiger partial charge is 0.319 e. The monoisotopic (exact) mass is 355 g/mol. The number of thiophene rings is 1. The lowest BCUT2D eigenvalue weighted by Gasteiger charge is -2.07. The molecule has 1 aromatic carbocycles. The molecule has 0 radical (unpaired) electrons. The number of fused-ring (bicyclic) bond motifs is 1. The Morgan fingerprint density at radius 3 is 2.70 bits per heavy atom. The fraction of sp³-hybridized carbons (Fsp3) is 0.333. The molecule has 8 heteroatoms. The van der Waals surface area contributed by atoms with Crippen LogP contribution in [0.25, 0.3) is 10.1 Å². The van der Waals surface area contributed by atoms with Gasteiger partial charge in [0, 0.05) is 30.3 Å². The molecule has 0 aliphatic carbocycles. The van der Waals surface area contributed by atoms with E-state index in [-0.39, 0.29) is 18.5 Å². The molecule has 0 spiro atoms. The van der Waals surface area contributed by atoms with Gasteiger partial charge < -0.3 is 15.4 Å². The van der Waals surface area contributed by atoms with Crippen LogP contribution in [0.2, 0.25) is 5.02 Å². The maximum Gasteiger partial charge on any atom is 0.319 e. The van der Waals surface area contributed by atoms with Crippen molar-refractivity contribution in [2.24, 2.45) is 0 Å². The molecule has 23 heavy (non-hydrogen) atoms. The summed E-state index contributed by atoms with van der Waals surface area (Å²) in [6.07, 6.45) is 0.628. The van der Waals surface area contributed by atoms with Crippen molar-refractivity contribution >= 4 is 50.0 Å². The van der Waals surface area contributed by atoms with E-state index in [2.05, 4.69) is 16.0 Å². The molecule has 2 aromatic rings. The Hall–Kier alpha value is -1.83. The third-order valence-corrected chi connectivity index (χ3v) is 4.59. The van der Waals surface area contributed by atoms with Crippen LogP contribution in [0.15, 0.2) is 24.3 Å². The average molecular weight is 356 g/mol. The molecule has 2 rings (SSSR count). The second kappa shape index (κ2) is 8.71. The number of carbonyl (C=O) groups excluding carboxylic acids is 2. The summed E-state index contributed by atoms with van der Waals surface area (Å²) in [5.41, 5.74) is 0. The van der Waals surface area contributed by atoms with E-state index < -0.39 is 0 Å². The fourth-order valence-electron chi connectivity index (χ4n) is 1.94. The summed E-state index contributed by atoms with van der Waals surface area (Å²) in [5.74, 6) is -0.172. The maximum atomic E-state index is 11.9. The molecule has 124 valence electrons. The topological polar surface area (TPSA) is 79.5 Å². The Labute approximate surface area is 143 Å². The van der Waals surface area contributed by atoms with E-state index in [1.807, 2.05) is 24.3 Å². The molecule has 0 atom stereocenters. The summed E-state index contributed by atoms with van der Waals surface area (Å²) in [5, 5.41) is 10.3. The predicted molar refractivity (Wildman–Crippen MR) is 93.4 cm³/mol. The molecule has 0 saturated carbocycles. The number of hydrogen-bond acceptors (Lipinski definition) is 4. The van der Waals surface area contributed by atoms with Crippen LogP contribution >= 0.6 is 22.9 Å². The molecule has 3 N–H and O–H groups in total. The Morgan fingerprint density at radius 2 is 1.96 bits per heavy atom. The van der Waals surface area contributed by atoms with Gasteiger partial charge in [0.15, 0.2) is 0 Å². The zero-order valence-electron chi connectivity index (χ0n) is 12.6. The van der Waals surface area contributed by atoms with Gasteiger partial charge in [0.25, 0.3) is 0 Å². The molecule has 0 aliphatic heterocycles. The zero-order valence-corrected chi connectivity index (χ0v) is 14.2. The van der Waals surface area contributed by atoms with Gasteiger partial charge in [-0.15, -0.1) is 11.3 Å². The van der Waals surface area contributed by atoms with Crippen LogP contribution in [0.3, 0.4) is 0 Å². The number of benzene rings is 1. The molecular formula is C15H18ClN3O3S. The number of methoxy groups -OCH3 is 1. The van der Waals surface area contributed by atoms with Crippen LogP contribution in [0, 0.1) is 0 Å². The number of anilines is 1. The molecular weight excluding hydrogens is 338 g/mol. The first-order chi connectivity index (χ1) is 11.1. The fourth-order valence-corrected chi connectivity index (χ4v) is 3.32. The molecule has 1 aromatic heterocycles. The van der Waals surface area contributed by atoms with Crippen molar-refractivity contribution in [3.05, 3.63) is 29.3 Å². The molecule has 0 bridgehead atoms. The lowest BCUT2D eigenvalue weighted by molar-refractivity contribution is -0.124.